The third kappa shape index (κ3) is 1.50. The highest BCUT2D eigenvalue weighted by Gasteiger charge is 2.44. The SMILES string of the molecule is CC(C)N1C[C@H]2C[C@@H]1CN2c1ccccn1. The molecule has 0 amide bonds. The van der Waals surface area contributed by atoms with Gasteiger partial charge in [-0.2, -0.15) is 0 Å². The van der Waals surface area contributed by atoms with Gasteiger partial charge < -0.3 is 4.90 Å². The highest BCUT2D eigenvalue weighted by atomic mass is 15.4. The third-order valence-corrected chi connectivity index (χ3v) is 3.89. The molecular weight excluding hydrogens is 198 g/mol. The standard InChI is InChI=1S/C13H19N3/c1-10(2)15-8-12-7-11(15)9-16(12)13-5-3-4-6-14-13/h3-6,10-12H,7-9H2,1-2H3/t11-,12-/m1/s1. The first kappa shape index (κ1) is 10.1. The number of fused-ring (bicyclic) bond motifs is 2. The lowest BCUT2D eigenvalue weighted by Crippen LogP contribution is -2.49. The monoisotopic (exact) mass is 217 g/mol. The van der Waals surface area contributed by atoms with E-state index in [0.29, 0.717) is 12.1 Å². The number of pyridine rings is 1. The van der Waals surface area contributed by atoms with Crippen molar-refractivity contribution >= 4 is 5.82 Å². The molecule has 0 aliphatic carbocycles. The summed E-state index contributed by atoms with van der Waals surface area (Å²) in [7, 11) is 0. The second kappa shape index (κ2) is 3.74. The van der Waals surface area contributed by atoms with Crippen molar-refractivity contribution in [3.63, 3.8) is 0 Å². The maximum absolute atomic E-state index is 4.46. The van der Waals surface area contributed by atoms with Crippen LogP contribution >= 0.6 is 0 Å². The van der Waals surface area contributed by atoms with Gasteiger partial charge in [-0.3, -0.25) is 4.90 Å². The number of nitrogens with zero attached hydrogens (tertiary/aromatic N) is 3. The topological polar surface area (TPSA) is 19.4 Å². The van der Waals surface area contributed by atoms with E-state index in [1.807, 2.05) is 12.3 Å². The first-order chi connectivity index (χ1) is 7.75. The van der Waals surface area contributed by atoms with Crippen LogP contribution in [0.25, 0.3) is 0 Å². The first-order valence-electron chi connectivity index (χ1n) is 6.19. The van der Waals surface area contributed by atoms with Crippen molar-refractivity contribution in [2.24, 2.45) is 0 Å². The molecule has 0 unspecified atom stereocenters. The Hall–Kier alpha value is -1.09. The van der Waals surface area contributed by atoms with Crippen LogP contribution in [0.4, 0.5) is 5.82 Å². The maximum atomic E-state index is 4.46. The number of hydrogen-bond donors (Lipinski definition) is 0. The van der Waals surface area contributed by atoms with Crippen LogP contribution in [-0.4, -0.2) is 41.1 Å². The van der Waals surface area contributed by atoms with Crippen LogP contribution in [-0.2, 0) is 0 Å². The Kier molecular flexibility index (Phi) is 2.36. The molecule has 0 aromatic carbocycles. The third-order valence-electron chi connectivity index (χ3n) is 3.89. The van der Waals surface area contributed by atoms with Gasteiger partial charge in [0.15, 0.2) is 0 Å². The zero-order chi connectivity index (χ0) is 11.1. The molecule has 3 nitrogen and oxygen atoms in total. The summed E-state index contributed by atoms with van der Waals surface area (Å²) in [5.74, 6) is 1.15. The minimum atomic E-state index is 0.681. The Bertz CT molecular complexity index is 363. The molecule has 1 aromatic rings. The average Bonchev–Trinajstić information content (AvgIpc) is 2.89. The molecule has 16 heavy (non-hydrogen) atoms. The van der Waals surface area contributed by atoms with Crippen molar-refractivity contribution in [1.82, 2.24) is 9.88 Å². The zero-order valence-electron chi connectivity index (χ0n) is 10.0. The molecular formula is C13H19N3. The van der Waals surface area contributed by atoms with E-state index >= 15 is 0 Å². The lowest BCUT2D eigenvalue weighted by Gasteiger charge is -2.37. The maximum Gasteiger partial charge on any atom is 0.128 e. The van der Waals surface area contributed by atoms with Gasteiger partial charge >= 0.3 is 0 Å². The van der Waals surface area contributed by atoms with Gasteiger partial charge in [0.25, 0.3) is 0 Å². The van der Waals surface area contributed by atoms with E-state index in [9.17, 15) is 0 Å². The van der Waals surface area contributed by atoms with Gasteiger partial charge in [-0.1, -0.05) is 6.07 Å². The second-order valence-electron chi connectivity index (χ2n) is 5.17. The molecule has 3 heteroatoms. The predicted octanol–water partition coefficient (Wildman–Crippen LogP) is 1.75. The Balaban J connectivity index is 1.76. The summed E-state index contributed by atoms with van der Waals surface area (Å²) in [6.07, 6.45) is 3.20. The lowest BCUT2D eigenvalue weighted by molar-refractivity contribution is 0.191. The van der Waals surface area contributed by atoms with Gasteiger partial charge in [0, 0.05) is 37.4 Å². The van der Waals surface area contributed by atoms with Crippen molar-refractivity contribution in [3.8, 4) is 0 Å². The summed E-state index contributed by atoms with van der Waals surface area (Å²) in [4.78, 5) is 9.56. The van der Waals surface area contributed by atoms with Crippen LogP contribution in [0.1, 0.15) is 20.3 Å². The van der Waals surface area contributed by atoms with Crippen LogP contribution in [0, 0.1) is 0 Å². The van der Waals surface area contributed by atoms with Gasteiger partial charge in [-0.15, -0.1) is 0 Å². The molecule has 0 spiro atoms. The lowest BCUT2D eigenvalue weighted by atomic mass is 10.2. The minimum Gasteiger partial charge on any atom is -0.351 e. The molecule has 3 heterocycles. The molecule has 3 rings (SSSR count). The summed E-state index contributed by atoms with van der Waals surface area (Å²) in [6, 6.07) is 8.29. The Morgan fingerprint density at radius 1 is 1.25 bits per heavy atom. The van der Waals surface area contributed by atoms with Gasteiger partial charge in [0.1, 0.15) is 5.82 Å². The van der Waals surface area contributed by atoms with Crippen LogP contribution in [0.3, 0.4) is 0 Å². The summed E-state index contributed by atoms with van der Waals surface area (Å²) in [5, 5.41) is 0. The van der Waals surface area contributed by atoms with E-state index in [1.54, 1.807) is 0 Å². The number of aromatic nitrogens is 1. The molecule has 2 bridgehead atoms. The summed E-state index contributed by atoms with van der Waals surface area (Å²) >= 11 is 0. The van der Waals surface area contributed by atoms with Crippen molar-refractivity contribution in [3.05, 3.63) is 24.4 Å². The van der Waals surface area contributed by atoms with E-state index < -0.39 is 0 Å². The Morgan fingerprint density at radius 3 is 2.69 bits per heavy atom. The highest BCUT2D eigenvalue weighted by molar-refractivity contribution is 5.43. The molecule has 2 saturated heterocycles. The van der Waals surface area contributed by atoms with Gasteiger partial charge in [-0.05, 0) is 32.4 Å². The normalized spacial score (nSPS) is 29.3. The zero-order valence-corrected chi connectivity index (χ0v) is 10.0. The van der Waals surface area contributed by atoms with Crippen LogP contribution in [0.15, 0.2) is 24.4 Å². The molecule has 1 aromatic heterocycles. The number of piperazine rings is 1. The van der Waals surface area contributed by atoms with Crippen molar-refractivity contribution in [2.75, 3.05) is 18.0 Å². The number of rotatable bonds is 2. The molecule has 2 aliphatic rings. The Labute approximate surface area is 97.1 Å². The quantitative estimate of drug-likeness (QED) is 0.752. The van der Waals surface area contributed by atoms with E-state index in [1.165, 1.54) is 13.0 Å². The van der Waals surface area contributed by atoms with Gasteiger partial charge in [-0.25, -0.2) is 4.98 Å². The van der Waals surface area contributed by atoms with E-state index in [0.717, 1.165) is 18.4 Å². The van der Waals surface area contributed by atoms with Gasteiger partial charge in [0.05, 0.1) is 0 Å². The van der Waals surface area contributed by atoms with Crippen LogP contribution in [0.2, 0.25) is 0 Å². The second-order valence-corrected chi connectivity index (χ2v) is 5.17. The van der Waals surface area contributed by atoms with Crippen molar-refractivity contribution in [2.45, 2.75) is 38.4 Å². The number of anilines is 1. The van der Waals surface area contributed by atoms with Crippen molar-refractivity contribution in [1.29, 1.82) is 0 Å². The molecule has 86 valence electrons. The van der Waals surface area contributed by atoms with Crippen molar-refractivity contribution < 1.29 is 0 Å². The fraction of sp³-hybridized carbons (Fsp3) is 0.615. The fourth-order valence-electron chi connectivity index (χ4n) is 3.13. The molecule has 0 N–H and O–H groups in total. The number of hydrogen-bond acceptors (Lipinski definition) is 3. The Morgan fingerprint density at radius 2 is 2.12 bits per heavy atom. The van der Waals surface area contributed by atoms with E-state index in [-0.39, 0.29) is 0 Å². The van der Waals surface area contributed by atoms with Crippen LogP contribution in [0.5, 0.6) is 0 Å². The highest BCUT2D eigenvalue weighted by Crippen LogP contribution is 2.34. The molecule has 2 aliphatic heterocycles. The first-order valence-corrected chi connectivity index (χ1v) is 6.19. The van der Waals surface area contributed by atoms with E-state index in [4.69, 9.17) is 0 Å². The molecule has 2 fully saturated rings. The predicted molar refractivity (Wildman–Crippen MR) is 65.6 cm³/mol. The molecule has 0 radical (unpaired) electrons. The molecule has 0 saturated carbocycles. The van der Waals surface area contributed by atoms with E-state index in [2.05, 4.69) is 40.8 Å². The number of likely N-dealkylation sites (tertiary alicyclic amines) is 1. The van der Waals surface area contributed by atoms with Gasteiger partial charge in [0.2, 0.25) is 0 Å². The average molecular weight is 217 g/mol. The fourth-order valence-corrected chi connectivity index (χ4v) is 3.13. The van der Waals surface area contributed by atoms with Crippen LogP contribution < -0.4 is 4.90 Å². The summed E-state index contributed by atoms with van der Waals surface area (Å²) in [6.45, 7) is 6.95. The smallest absolute Gasteiger partial charge is 0.128 e. The summed E-state index contributed by atoms with van der Waals surface area (Å²) < 4.78 is 0. The summed E-state index contributed by atoms with van der Waals surface area (Å²) in [5.41, 5.74) is 0. The molecule has 2 atom stereocenters. The minimum absolute atomic E-state index is 0.681. The largest absolute Gasteiger partial charge is 0.351 e.